The van der Waals surface area contributed by atoms with Crippen molar-refractivity contribution in [1.82, 2.24) is 5.16 Å². The van der Waals surface area contributed by atoms with E-state index >= 15 is 0 Å². The molecule has 0 spiro atoms. The van der Waals surface area contributed by atoms with Gasteiger partial charge in [0.15, 0.2) is 5.76 Å². The summed E-state index contributed by atoms with van der Waals surface area (Å²) in [7, 11) is 0. The second-order valence-corrected chi connectivity index (χ2v) is 6.19. The molecule has 0 amide bonds. The quantitative estimate of drug-likeness (QED) is 0.551. The van der Waals surface area contributed by atoms with E-state index in [1.54, 1.807) is 36.4 Å². The molecule has 0 fully saturated rings. The zero-order chi connectivity index (χ0) is 17.1. The molecule has 3 aromatic rings. The number of ether oxygens (including phenoxy) is 1. The van der Waals surface area contributed by atoms with Gasteiger partial charge in [-0.3, -0.25) is 0 Å². The summed E-state index contributed by atoms with van der Waals surface area (Å²) in [5.41, 5.74) is 0.897. The number of aromatic nitrogens is 1. The van der Waals surface area contributed by atoms with E-state index in [0.717, 1.165) is 0 Å². The summed E-state index contributed by atoms with van der Waals surface area (Å²) in [6.07, 6.45) is 0. The van der Waals surface area contributed by atoms with E-state index in [9.17, 15) is 9.18 Å². The van der Waals surface area contributed by atoms with Gasteiger partial charge in [-0.25, -0.2) is 9.18 Å². The smallest absolute Gasteiger partial charge is 0.340 e. The predicted octanol–water partition coefficient (Wildman–Crippen LogP) is 5.25. The maximum atomic E-state index is 13.7. The Hall–Kier alpha value is -2.18. The second-order valence-electron chi connectivity index (χ2n) is 4.86. The summed E-state index contributed by atoms with van der Waals surface area (Å²) in [6, 6.07) is 12.6. The van der Waals surface area contributed by atoms with Gasteiger partial charge < -0.3 is 9.26 Å². The molecule has 1 aromatic heterocycles. The first-order valence-electron chi connectivity index (χ1n) is 6.87. The van der Waals surface area contributed by atoms with Crippen molar-refractivity contribution in [2.75, 3.05) is 0 Å². The Morgan fingerprint density at radius 1 is 1.25 bits per heavy atom. The lowest BCUT2D eigenvalue weighted by Crippen LogP contribution is -2.06. The number of nitrogens with zero attached hydrogens (tertiary/aromatic N) is 1. The summed E-state index contributed by atoms with van der Waals surface area (Å²) in [4.78, 5) is 12.1. The van der Waals surface area contributed by atoms with Gasteiger partial charge in [-0.15, -0.1) is 0 Å². The third kappa shape index (κ3) is 3.66. The van der Waals surface area contributed by atoms with Gasteiger partial charge in [0, 0.05) is 10.5 Å². The molecule has 0 N–H and O–H groups in total. The first-order chi connectivity index (χ1) is 11.5. The van der Waals surface area contributed by atoms with Crippen LogP contribution in [-0.4, -0.2) is 11.1 Å². The Kier molecular flexibility index (Phi) is 4.97. The van der Waals surface area contributed by atoms with E-state index in [1.165, 1.54) is 12.1 Å². The van der Waals surface area contributed by atoms with Crippen molar-refractivity contribution in [2.45, 2.75) is 6.61 Å². The van der Waals surface area contributed by atoms with Gasteiger partial charge in [0.05, 0.1) is 16.1 Å². The minimum absolute atomic E-state index is 0.111. The Labute approximate surface area is 150 Å². The third-order valence-electron chi connectivity index (χ3n) is 3.20. The number of carbonyl (C=O) groups is 1. The molecular weight excluding hydrogens is 401 g/mol. The first-order valence-corrected chi connectivity index (χ1v) is 8.04. The van der Waals surface area contributed by atoms with Gasteiger partial charge >= 0.3 is 5.97 Å². The maximum Gasteiger partial charge on any atom is 0.340 e. The van der Waals surface area contributed by atoms with Gasteiger partial charge in [0.1, 0.15) is 18.1 Å². The van der Waals surface area contributed by atoms with Crippen LogP contribution in [0.15, 0.2) is 57.5 Å². The van der Waals surface area contributed by atoms with Crippen LogP contribution >= 0.6 is 27.5 Å². The molecule has 2 aromatic carbocycles. The van der Waals surface area contributed by atoms with Crippen LogP contribution < -0.4 is 0 Å². The summed E-state index contributed by atoms with van der Waals surface area (Å²) in [5.74, 6) is -0.741. The number of halogens is 3. The molecule has 0 radical (unpaired) electrons. The molecule has 0 bridgehead atoms. The van der Waals surface area contributed by atoms with Crippen LogP contribution in [-0.2, 0) is 11.3 Å². The van der Waals surface area contributed by atoms with E-state index in [0.29, 0.717) is 10.2 Å². The lowest BCUT2D eigenvalue weighted by Gasteiger charge is -2.04. The number of hydrogen-bond acceptors (Lipinski definition) is 4. The molecule has 0 saturated heterocycles. The molecule has 24 heavy (non-hydrogen) atoms. The average molecular weight is 411 g/mol. The number of rotatable bonds is 4. The van der Waals surface area contributed by atoms with Gasteiger partial charge in [0.2, 0.25) is 0 Å². The van der Waals surface area contributed by atoms with Crippen molar-refractivity contribution >= 4 is 33.5 Å². The summed E-state index contributed by atoms with van der Waals surface area (Å²) in [5, 5.41) is 4.07. The predicted molar refractivity (Wildman–Crippen MR) is 90.2 cm³/mol. The standard InChI is InChI=1S/C17H10BrClFNO3/c18-10-5-6-14(19)13(7-10)17(22)23-9-11-8-16(24-21-11)12-3-1-2-4-15(12)20/h1-8H,9H2. The third-order valence-corrected chi connectivity index (χ3v) is 4.02. The highest BCUT2D eigenvalue weighted by Crippen LogP contribution is 2.24. The Morgan fingerprint density at radius 2 is 2.04 bits per heavy atom. The van der Waals surface area contributed by atoms with Crippen molar-refractivity contribution in [3.05, 3.63) is 75.1 Å². The van der Waals surface area contributed by atoms with Gasteiger partial charge in [-0.1, -0.05) is 44.8 Å². The number of benzene rings is 2. The topological polar surface area (TPSA) is 52.3 Å². The highest BCUT2D eigenvalue weighted by Gasteiger charge is 2.15. The molecule has 0 unspecified atom stereocenters. The van der Waals surface area contributed by atoms with Crippen molar-refractivity contribution in [3.63, 3.8) is 0 Å². The molecule has 4 nitrogen and oxygen atoms in total. The minimum Gasteiger partial charge on any atom is -0.455 e. The van der Waals surface area contributed by atoms with Crippen LogP contribution in [0.1, 0.15) is 16.1 Å². The fraction of sp³-hybridized carbons (Fsp3) is 0.0588. The SMILES string of the molecule is O=C(OCc1cc(-c2ccccc2F)on1)c1cc(Br)ccc1Cl. The fourth-order valence-corrected chi connectivity index (χ4v) is 2.59. The van der Waals surface area contributed by atoms with Gasteiger partial charge in [-0.05, 0) is 30.3 Å². The normalized spacial score (nSPS) is 10.6. The van der Waals surface area contributed by atoms with Crippen LogP contribution in [0.5, 0.6) is 0 Å². The molecule has 0 aliphatic carbocycles. The lowest BCUT2D eigenvalue weighted by atomic mass is 10.1. The Balaban J connectivity index is 1.71. The average Bonchev–Trinajstić information content (AvgIpc) is 3.04. The van der Waals surface area contributed by atoms with Crippen molar-refractivity contribution in [1.29, 1.82) is 0 Å². The van der Waals surface area contributed by atoms with Crippen molar-refractivity contribution in [3.8, 4) is 11.3 Å². The van der Waals surface area contributed by atoms with Crippen LogP contribution in [0.25, 0.3) is 11.3 Å². The highest BCUT2D eigenvalue weighted by atomic mass is 79.9. The largest absolute Gasteiger partial charge is 0.455 e. The Bertz CT molecular complexity index is 897. The number of hydrogen-bond donors (Lipinski definition) is 0. The monoisotopic (exact) mass is 409 g/mol. The first kappa shape index (κ1) is 16.7. The zero-order valence-electron chi connectivity index (χ0n) is 12.1. The van der Waals surface area contributed by atoms with Crippen LogP contribution in [0.3, 0.4) is 0 Å². The van der Waals surface area contributed by atoms with E-state index in [2.05, 4.69) is 21.1 Å². The Morgan fingerprint density at radius 3 is 2.83 bits per heavy atom. The molecule has 0 aliphatic heterocycles. The van der Waals surface area contributed by atoms with E-state index in [4.69, 9.17) is 20.9 Å². The minimum atomic E-state index is -0.586. The van der Waals surface area contributed by atoms with Crippen LogP contribution in [0.4, 0.5) is 4.39 Å². The molecule has 122 valence electrons. The molecule has 0 saturated carbocycles. The van der Waals surface area contributed by atoms with Crippen molar-refractivity contribution in [2.24, 2.45) is 0 Å². The zero-order valence-corrected chi connectivity index (χ0v) is 14.5. The molecule has 3 rings (SSSR count). The molecule has 0 atom stereocenters. The summed E-state index contributed by atoms with van der Waals surface area (Å²) < 4.78 is 24.7. The molecular formula is C17H10BrClFNO3. The molecule has 1 heterocycles. The summed E-state index contributed by atoms with van der Waals surface area (Å²) >= 11 is 9.24. The van der Waals surface area contributed by atoms with Crippen LogP contribution in [0, 0.1) is 5.82 Å². The van der Waals surface area contributed by atoms with E-state index in [1.807, 2.05) is 0 Å². The van der Waals surface area contributed by atoms with Crippen molar-refractivity contribution < 1.29 is 18.4 Å². The fourth-order valence-electron chi connectivity index (χ4n) is 2.04. The number of esters is 1. The molecule has 0 aliphatic rings. The van der Waals surface area contributed by atoms with Gasteiger partial charge in [-0.2, -0.15) is 0 Å². The summed E-state index contributed by atoms with van der Waals surface area (Å²) in [6.45, 7) is -0.111. The molecule has 7 heteroatoms. The van der Waals surface area contributed by atoms with E-state index < -0.39 is 11.8 Å². The van der Waals surface area contributed by atoms with Crippen LogP contribution in [0.2, 0.25) is 5.02 Å². The van der Waals surface area contributed by atoms with Gasteiger partial charge in [0.25, 0.3) is 0 Å². The maximum absolute atomic E-state index is 13.7. The number of carbonyl (C=O) groups excluding carboxylic acids is 1. The highest BCUT2D eigenvalue weighted by molar-refractivity contribution is 9.10. The van der Waals surface area contributed by atoms with E-state index in [-0.39, 0.29) is 28.5 Å². The second kappa shape index (κ2) is 7.15. The lowest BCUT2D eigenvalue weighted by molar-refractivity contribution is 0.0464.